The highest BCUT2D eigenvalue weighted by atomic mass is 16.5. The van der Waals surface area contributed by atoms with Crippen molar-refractivity contribution < 1.29 is 9.47 Å². The first-order chi connectivity index (χ1) is 8.93. The van der Waals surface area contributed by atoms with Crippen LogP contribution in [0, 0.1) is 0 Å². The summed E-state index contributed by atoms with van der Waals surface area (Å²) in [4.78, 5) is 0. The average molecular weight is 245 g/mol. The first kappa shape index (κ1) is 10.7. The molecule has 0 spiro atoms. The molecule has 1 N–H and O–H groups in total. The number of rotatable bonds is 1. The van der Waals surface area contributed by atoms with Gasteiger partial charge in [-0.3, -0.25) is 0 Å². The van der Waals surface area contributed by atoms with Gasteiger partial charge in [0.2, 0.25) is 0 Å². The van der Waals surface area contributed by atoms with Crippen LogP contribution in [0.3, 0.4) is 0 Å². The molecule has 1 fully saturated rings. The Morgan fingerprint density at radius 3 is 2.94 bits per heavy atom. The Morgan fingerprint density at radius 2 is 2.06 bits per heavy atom. The highest BCUT2D eigenvalue weighted by Gasteiger charge is 2.31. The second kappa shape index (κ2) is 4.16. The average Bonchev–Trinajstić information content (AvgIpc) is 3.04. The van der Waals surface area contributed by atoms with Crippen LogP contribution in [0.2, 0.25) is 0 Å². The molecular weight excluding hydrogens is 226 g/mol. The minimum atomic E-state index is 0.474. The van der Waals surface area contributed by atoms with Gasteiger partial charge in [-0.1, -0.05) is 6.42 Å². The minimum Gasteiger partial charge on any atom is -0.493 e. The van der Waals surface area contributed by atoms with Crippen LogP contribution in [0.1, 0.15) is 42.0 Å². The third-order valence-corrected chi connectivity index (χ3v) is 4.35. The molecule has 3 nitrogen and oxygen atoms in total. The molecule has 3 aliphatic rings. The van der Waals surface area contributed by atoms with Crippen LogP contribution in [0.4, 0.5) is 0 Å². The maximum atomic E-state index is 5.91. The predicted molar refractivity (Wildman–Crippen MR) is 69.4 cm³/mol. The summed E-state index contributed by atoms with van der Waals surface area (Å²) in [7, 11) is 0. The molecular formula is C15H19NO2. The van der Waals surface area contributed by atoms with Gasteiger partial charge in [-0.25, -0.2) is 0 Å². The summed E-state index contributed by atoms with van der Waals surface area (Å²) in [5, 5.41) is 3.66. The zero-order valence-corrected chi connectivity index (χ0v) is 10.6. The van der Waals surface area contributed by atoms with E-state index in [2.05, 4.69) is 11.4 Å². The summed E-state index contributed by atoms with van der Waals surface area (Å²) in [5.74, 6) is 2.28. The largest absolute Gasteiger partial charge is 0.493 e. The molecule has 0 bridgehead atoms. The van der Waals surface area contributed by atoms with Crippen LogP contribution in [0.15, 0.2) is 6.07 Å². The number of nitrogens with one attached hydrogen (secondary N) is 1. The lowest BCUT2D eigenvalue weighted by molar-refractivity contribution is 0.338. The second-order valence-electron chi connectivity index (χ2n) is 5.45. The number of benzene rings is 1. The summed E-state index contributed by atoms with van der Waals surface area (Å²) < 4.78 is 11.7. The molecule has 1 unspecified atom stereocenters. The van der Waals surface area contributed by atoms with Gasteiger partial charge in [-0.2, -0.15) is 0 Å². The molecule has 1 aromatic carbocycles. The van der Waals surface area contributed by atoms with Gasteiger partial charge in [0.1, 0.15) is 11.5 Å². The number of fused-ring (bicyclic) bond motifs is 2. The van der Waals surface area contributed by atoms with Crippen LogP contribution >= 0.6 is 0 Å². The minimum absolute atomic E-state index is 0.474. The molecule has 0 aromatic heterocycles. The van der Waals surface area contributed by atoms with Crippen molar-refractivity contribution in [2.45, 2.75) is 38.1 Å². The number of ether oxygens (including phenoxy) is 2. The fraction of sp³-hybridized carbons (Fsp3) is 0.600. The van der Waals surface area contributed by atoms with Crippen LogP contribution in [0.5, 0.6) is 11.5 Å². The lowest BCUT2D eigenvalue weighted by Gasteiger charge is -2.27. The maximum absolute atomic E-state index is 5.91. The Labute approximate surface area is 107 Å². The Balaban J connectivity index is 1.84. The van der Waals surface area contributed by atoms with E-state index in [4.69, 9.17) is 9.47 Å². The molecule has 0 amide bonds. The Bertz CT molecular complexity index is 446. The van der Waals surface area contributed by atoms with Crippen LogP contribution in [-0.4, -0.2) is 19.8 Å². The van der Waals surface area contributed by atoms with Crippen molar-refractivity contribution >= 4 is 0 Å². The number of hydrogen-bond donors (Lipinski definition) is 1. The molecule has 0 saturated carbocycles. The fourth-order valence-electron chi connectivity index (χ4n) is 3.49. The maximum Gasteiger partial charge on any atom is 0.127 e. The molecule has 96 valence electrons. The smallest absolute Gasteiger partial charge is 0.127 e. The Kier molecular flexibility index (Phi) is 2.47. The summed E-state index contributed by atoms with van der Waals surface area (Å²) in [6.45, 7) is 2.79. The predicted octanol–water partition coefficient (Wildman–Crippen LogP) is 2.37. The third kappa shape index (κ3) is 1.53. The first-order valence-corrected chi connectivity index (χ1v) is 7.11. The highest BCUT2D eigenvalue weighted by Crippen LogP contribution is 2.44. The molecule has 0 aliphatic carbocycles. The van der Waals surface area contributed by atoms with Gasteiger partial charge in [0.05, 0.1) is 13.2 Å². The van der Waals surface area contributed by atoms with Gasteiger partial charge in [0.25, 0.3) is 0 Å². The summed E-state index contributed by atoms with van der Waals surface area (Å²) >= 11 is 0. The molecule has 3 aliphatic heterocycles. The quantitative estimate of drug-likeness (QED) is 0.824. The normalized spacial score (nSPS) is 25.2. The Morgan fingerprint density at radius 1 is 1.11 bits per heavy atom. The Hall–Kier alpha value is -1.22. The molecule has 4 rings (SSSR count). The molecule has 1 atom stereocenters. The monoisotopic (exact) mass is 245 g/mol. The van der Waals surface area contributed by atoms with Crippen molar-refractivity contribution in [1.82, 2.24) is 5.32 Å². The van der Waals surface area contributed by atoms with Gasteiger partial charge < -0.3 is 14.8 Å². The summed E-state index contributed by atoms with van der Waals surface area (Å²) in [5.41, 5.74) is 4.16. The van der Waals surface area contributed by atoms with Gasteiger partial charge in [0.15, 0.2) is 0 Å². The van der Waals surface area contributed by atoms with Crippen molar-refractivity contribution in [3.05, 3.63) is 22.8 Å². The van der Waals surface area contributed by atoms with Crippen molar-refractivity contribution in [3.8, 4) is 11.5 Å². The first-order valence-electron chi connectivity index (χ1n) is 7.11. The summed E-state index contributed by atoms with van der Waals surface area (Å²) in [6, 6.07) is 2.68. The van der Waals surface area contributed by atoms with E-state index in [0.717, 1.165) is 38.3 Å². The van der Waals surface area contributed by atoms with Gasteiger partial charge in [-0.15, -0.1) is 0 Å². The van der Waals surface area contributed by atoms with Crippen molar-refractivity contribution in [2.24, 2.45) is 0 Å². The summed E-state index contributed by atoms with van der Waals surface area (Å²) in [6.07, 6.45) is 5.92. The topological polar surface area (TPSA) is 30.5 Å². The van der Waals surface area contributed by atoms with Crippen molar-refractivity contribution in [1.29, 1.82) is 0 Å². The fourth-order valence-corrected chi connectivity index (χ4v) is 3.49. The van der Waals surface area contributed by atoms with E-state index in [-0.39, 0.29) is 0 Å². The van der Waals surface area contributed by atoms with Crippen molar-refractivity contribution in [2.75, 3.05) is 19.8 Å². The number of hydrogen-bond acceptors (Lipinski definition) is 3. The van der Waals surface area contributed by atoms with E-state index >= 15 is 0 Å². The molecule has 3 heterocycles. The lowest BCUT2D eigenvalue weighted by Crippen LogP contribution is -2.27. The second-order valence-corrected chi connectivity index (χ2v) is 5.45. The molecule has 1 aromatic rings. The molecule has 0 radical (unpaired) electrons. The van der Waals surface area contributed by atoms with E-state index < -0.39 is 0 Å². The standard InChI is InChI=1S/C15H19NO2/c1-2-6-16-12(3-1)14-11-5-8-17-13(11)9-10-4-7-18-15(10)14/h9,12,16H,1-8H2. The van der Waals surface area contributed by atoms with Gasteiger partial charge >= 0.3 is 0 Å². The van der Waals surface area contributed by atoms with E-state index in [1.165, 1.54) is 41.7 Å². The lowest BCUT2D eigenvalue weighted by atomic mass is 9.90. The van der Waals surface area contributed by atoms with E-state index in [0.29, 0.717) is 6.04 Å². The van der Waals surface area contributed by atoms with Gasteiger partial charge in [0, 0.05) is 35.6 Å². The van der Waals surface area contributed by atoms with Crippen LogP contribution < -0.4 is 14.8 Å². The third-order valence-electron chi connectivity index (χ3n) is 4.35. The van der Waals surface area contributed by atoms with E-state index in [1.807, 2.05) is 0 Å². The van der Waals surface area contributed by atoms with Crippen molar-refractivity contribution in [3.63, 3.8) is 0 Å². The molecule has 3 heteroatoms. The molecule has 18 heavy (non-hydrogen) atoms. The van der Waals surface area contributed by atoms with Crippen LogP contribution in [-0.2, 0) is 12.8 Å². The van der Waals surface area contributed by atoms with Gasteiger partial charge in [-0.05, 0) is 25.5 Å². The highest BCUT2D eigenvalue weighted by molar-refractivity contribution is 5.58. The SMILES string of the molecule is c1c2c(c(C3CCCCN3)c3c1OCC3)OCC2. The zero-order valence-electron chi connectivity index (χ0n) is 10.6. The molecule has 1 saturated heterocycles. The zero-order chi connectivity index (χ0) is 11.9. The van der Waals surface area contributed by atoms with Crippen LogP contribution in [0.25, 0.3) is 0 Å². The van der Waals surface area contributed by atoms with E-state index in [1.54, 1.807) is 0 Å². The number of piperidine rings is 1. The van der Waals surface area contributed by atoms with E-state index in [9.17, 15) is 0 Å².